The molecule has 1 unspecified atom stereocenters. The Morgan fingerprint density at radius 3 is 2.59 bits per heavy atom. The predicted octanol–water partition coefficient (Wildman–Crippen LogP) is 2.57. The van der Waals surface area contributed by atoms with Crippen molar-refractivity contribution in [3.05, 3.63) is 36.1 Å². The van der Waals surface area contributed by atoms with Gasteiger partial charge in [-0.25, -0.2) is 4.79 Å². The zero-order valence-corrected chi connectivity index (χ0v) is 13.5. The van der Waals surface area contributed by atoms with Crippen molar-refractivity contribution in [1.29, 1.82) is 0 Å². The molecule has 0 aromatic heterocycles. The molecule has 22 heavy (non-hydrogen) atoms. The molecule has 0 aromatic rings. The van der Waals surface area contributed by atoms with Gasteiger partial charge in [-0.2, -0.15) is 0 Å². The molecule has 1 heterocycles. The van der Waals surface area contributed by atoms with Crippen LogP contribution in [-0.4, -0.2) is 40.1 Å². The van der Waals surface area contributed by atoms with Crippen LogP contribution in [0.25, 0.3) is 0 Å². The van der Waals surface area contributed by atoms with Crippen molar-refractivity contribution in [2.75, 3.05) is 6.54 Å². The normalized spacial score (nSPS) is 27.8. The highest BCUT2D eigenvalue weighted by atomic mass is 16.6. The first kappa shape index (κ1) is 16.5. The predicted molar refractivity (Wildman–Crippen MR) is 83.0 cm³/mol. The van der Waals surface area contributed by atoms with E-state index in [9.17, 15) is 14.7 Å². The Bertz CT molecular complexity index is 568. The van der Waals surface area contributed by atoms with E-state index in [0.717, 1.165) is 0 Å². The van der Waals surface area contributed by atoms with E-state index in [4.69, 9.17) is 4.74 Å². The van der Waals surface area contributed by atoms with Crippen LogP contribution in [0.4, 0.5) is 4.79 Å². The molecule has 0 saturated heterocycles. The van der Waals surface area contributed by atoms with E-state index in [1.165, 1.54) is 11.0 Å². The van der Waals surface area contributed by atoms with E-state index in [0.29, 0.717) is 6.42 Å². The van der Waals surface area contributed by atoms with E-state index >= 15 is 0 Å². The van der Waals surface area contributed by atoms with Gasteiger partial charge in [0, 0.05) is 0 Å². The Balaban J connectivity index is 2.22. The maximum Gasteiger partial charge on any atom is 0.415 e. The summed E-state index contributed by atoms with van der Waals surface area (Å²) in [6.07, 6.45) is 8.00. The average molecular weight is 305 g/mol. The highest BCUT2D eigenvalue weighted by Crippen LogP contribution is 2.34. The molecule has 0 spiro atoms. The standard InChI is InChI=1S/C17H23NO4/c1-16(2,3)22-15(21)18-11-12(19)10-13(18)14(20)17(4)8-6-5-7-9-17/h5-8,10,12,19H,9,11H2,1-4H3/t12-,17?/m1/s1. The summed E-state index contributed by atoms with van der Waals surface area (Å²) in [6.45, 7) is 7.16. The van der Waals surface area contributed by atoms with Crippen LogP contribution in [0.15, 0.2) is 36.1 Å². The molecule has 0 fully saturated rings. The number of rotatable bonds is 2. The highest BCUT2D eigenvalue weighted by molar-refractivity contribution is 6.03. The van der Waals surface area contributed by atoms with Crippen molar-refractivity contribution in [2.45, 2.75) is 45.8 Å². The van der Waals surface area contributed by atoms with Crippen molar-refractivity contribution in [1.82, 2.24) is 4.90 Å². The van der Waals surface area contributed by atoms with Gasteiger partial charge in [0.05, 0.1) is 23.8 Å². The number of β-amino-alcohol motifs (C(OH)–C–C–N with tert-alkyl or cyclic N) is 1. The smallest absolute Gasteiger partial charge is 0.415 e. The Morgan fingerprint density at radius 1 is 1.36 bits per heavy atom. The number of Topliss-reactive ketones (excluding diaryl/α,β-unsaturated/α-hetero) is 1. The second-order valence-electron chi connectivity index (χ2n) is 6.95. The van der Waals surface area contributed by atoms with Crippen molar-refractivity contribution in [3.63, 3.8) is 0 Å². The van der Waals surface area contributed by atoms with Crippen molar-refractivity contribution >= 4 is 11.9 Å². The minimum atomic E-state index is -0.849. The SMILES string of the molecule is CC(C)(C)OC(=O)N1C[C@H](O)C=C1C(=O)C1(C)C=CC=CC1. The maximum absolute atomic E-state index is 12.8. The van der Waals surface area contributed by atoms with Gasteiger partial charge in [-0.3, -0.25) is 9.69 Å². The fraction of sp³-hybridized carbons (Fsp3) is 0.529. The van der Waals surface area contributed by atoms with Crippen LogP contribution >= 0.6 is 0 Å². The summed E-state index contributed by atoms with van der Waals surface area (Å²) >= 11 is 0. The molecule has 0 radical (unpaired) electrons. The first-order chi connectivity index (χ1) is 10.1. The molecule has 1 aliphatic carbocycles. The quantitative estimate of drug-likeness (QED) is 0.851. The number of allylic oxidation sites excluding steroid dienone is 5. The number of hydrogen-bond acceptors (Lipinski definition) is 4. The van der Waals surface area contributed by atoms with Crippen LogP contribution in [0, 0.1) is 5.41 Å². The fourth-order valence-electron chi connectivity index (χ4n) is 2.49. The Labute approximate surface area is 130 Å². The molecular weight excluding hydrogens is 282 g/mol. The monoisotopic (exact) mass is 305 g/mol. The molecule has 120 valence electrons. The number of aliphatic hydroxyl groups is 1. The number of hydrogen-bond donors (Lipinski definition) is 1. The summed E-state index contributed by atoms with van der Waals surface area (Å²) in [7, 11) is 0. The van der Waals surface area contributed by atoms with Gasteiger partial charge in [0.2, 0.25) is 0 Å². The highest BCUT2D eigenvalue weighted by Gasteiger charge is 2.40. The summed E-state index contributed by atoms with van der Waals surface area (Å²) in [6, 6.07) is 0. The molecule has 1 aliphatic heterocycles. The first-order valence-corrected chi connectivity index (χ1v) is 7.42. The van der Waals surface area contributed by atoms with Gasteiger partial charge < -0.3 is 9.84 Å². The molecular formula is C17H23NO4. The van der Waals surface area contributed by atoms with E-state index in [1.807, 2.05) is 31.2 Å². The van der Waals surface area contributed by atoms with Crippen molar-refractivity contribution < 1.29 is 19.4 Å². The molecule has 2 rings (SSSR count). The summed E-state index contributed by atoms with van der Waals surface area (Å²) in [4.78, 5) is 26.3. The largest absolute Gasteiger partial charge is 0.443 e. The molecule has 1 amide bonds. The molecule has 5 heteroatoms. The van der Waals surface area contributed by atoms with Crippen LogP contribution in [-0.2, 0) is 9.53 Å². The number of nitrogens with zero attached hydrogens (tertiary/aromatic N) is 1. The lowest BCUT2D eigenvalue weighted by molar-refractivity contribution is -0.123. The van der Waals surface area contributed by atoms with Crippen LogP contribution in [0.1, 0.15) is 34.1 Å². The molecule has 0 bridgehead atoms. The fourth-order valence-corrected chi connectivity index (χ4v) is 2.49. The first-order valence-electron chi connectivity index (χ1n) is 7.42. The van der Waals surface area contributed by atoms with Gasteiger partial charge in [-0.15, -0.1) is 0 Å². The summed E-state index contributed by atoms with van der Waals surface area (Å²) in [5.74, 6) is -0.185. The van der Waals surface area contributed by atoms with Crippen LogP contribution in [0.2, 0.25) is 0 Å². The third-order valence-corrected chi connectivity index (χ3v) is 3.63. The topological polar surface area (TPSA) is 66.8 Å². The van der Waals surface area contributed by atoms with E-state index in [-0.39, 0.29) is 18.0 Å². The minimum Gasteiger partial charge on any atom is -0.443 e. The summed E-state index contributed by atoms with van der Waals surface area (Å²) < 4.78 is 5.32. The van der Waals surface area contributed by atoms with Crippen molar-refractivity contribution in [3.8, 4) is 0 Å². The molecule has 1 N–H and O–H groups in total. The van der Waals surface area contributed by atoms with E-state index in [2.05, 4.69) is 0 Å². The summed E-state index contributed by atoms with van der Waals surface area (Å²) in [5, 5.41) is 9.84. The van der Waals surface area contributed by atoms with Crippen molar-refractivity contribution in [2.24, 2.45) is 5.41 Å². The molecule has 0 aromatic carbocycles. The molecule has 2 aliphatic rings. The number of carbonyl (C=O) groups excluding carboxylic acids is 2. The Hall–Kier alpha value is -1.88. The third kappa shape index (κ3) is 3.47. The lowest BCUT2D eigenvalue weighted by Crippen LogP contribution is -2.40. The van der Waals surface area contributed by atoms with E-state index < -0.39 is 23.2 Å². The lowest BCUT2D eigenvalue weighted by Gasteiger charge is -2.30. The molecule has 2 atom stereocenters. The number of aliphatic hydroxyl groups excluding tert-OH is 1. The summed E-state index contributed by atoms with van der Waals surface area (Å²) in [5.41, 5.74) is -1.15. The lowest BCUT2D eigenvalue weighted by atomic mass is 9.78. The number of amides is 1. The zero-order chi connectivity index (χ0) is 16.5. The van der Waals surface area contributed by atoms with Crippen LogP contribution in [0.5, 0.6) is 0 Å². The second kappa shape index (κ2) is 5.72. The van der Waals surface area contributed by atoms with Gasteiger partial charge in [0.15, 0.2) is 5.78 Å². The van der Waals surface area contributed by atoms with Gasteiger partial charge in [0.25, 0.3) is 0 Å². The van der Waals surface area contributed by atoms with Gasteiger partial charge >= 0.3 is 6.09 Å². The third-order valence-electron chi connectivity index (χ3n) is 3.63. The Morgan fingerprint density at radius 2 is 2.05 bits per heavy atom. The minimum absolute atomic E-state index is 0.0472. The molecule has 0 saturated carbocycles. The number of ether oxygens (including phenoxy) is 1. The van der Waals surface area contributed by atoms with Crippen LogP contribution < -0.4 is 0 Å². The van der Waals surface area contributed by atoms with Crippen LogP contribution in [0.3, 0.4) is 0 Å². The van der Waals surface area contributed by atoms with E-state index in [1.54, 1.807) is 20.8 Å². The molecule has 5 nitrogen and oxygen atoms in total. The van der Waals surface area contributed by atoms with Gasteiger partial charge in [-0.1, -0.05) is 24.3 Å². The zero-order valence-electron chi connectivity index (χ0n) is 13.5. The maximum atomic E-state index is 12.8. The second-order valence-corrected chi connectivity index (χ2v) is 6.95. The van der Waals surface area contributed by atoms with Gasteiger partial charge in [-0.05, 0) is 40.2 Å². The Kier molecular flexibility index (Phi) is 4.29. The number of carbonyl (C=O) groups is 2. The number of ketones is 1. The van der Waals surface area contributed by atoms with Gasteiger partial charge in [0.1, 0.15) is 5.60 Å². The average Bonchev–Trinajstić information content (AvgIpc) is 2.79.